The predicted octanol–water partition coefficient (Wildman–Crippen LogP) is 11.3. The van der Waals surface area contributed by atoms with E-state index in [0.29, 0.717) is 11.8 Å². The topological polar surface area (TPSA) is 49.6 Å². The van der Waals surface area contributed by atoms with Gasteiger partial charge in [-0.2, -0.15) is 5.26 Å². The zero-order valence-corrected chi connectivity index (χ0v) is 25.7. The molecule has 0 spiro atoms. The summed E-state index contributed by atoms with van der Waals surface area (Å²) in [5.74, 6) is 2.99. The molecular formula is C37H55N3. The van der Waals surface area contributed by atoms with Crippen LogP contribution in [-0.4, -0.2) is 9.97 Å². The maximum Gasteiger partial charge on any atom is 0.159 e. The summed E-state index contributed by atoms with van der Waals surface area (Å²) in [6.07, 6.45) is 29.8. The lowest BCUT2D eigenvalue weighted by Gasteiger charge is -2.35. The fraction of sp³-hybridized carbons (Fsp3) is 0.703. The monoisotopic (exact) mass is 541 g/mol. The first kappa shape index (κ1) is 30.7. The quantitative estimate of drug-likeness (QED) is 0.211. The third-order valence-electron chi connectivity index (χ3n) is 10.3. The zero-order chi connectivity index (χ0) is 28.0. The Morgan fingerprint density at radius 3 is 1.90 bits per heavy atom. The Hall–Kier alpha value is -2.21. The summed E-state index contributed by atoms with van der Waals surface area (Å²) >= 11 is 0. The third-order valence-corrected chi connectivity index (χ3v) is 10.3. The SMILES string of the molecule is CCCCCCCCC1(C#N)CCC(c2ccc(-c3ncc(C4CCC(CCCCCC)CC4)cn3)cc2)CC1. The molecule has 40 heavy (non-hydrogen) atoms. The van der Waals surface area contributed by atoms with E-state index in [4.69, 9.17) is 9.97 Å². The van der Waals surface area contributed by atoms with E-state index in [1.165, 1.54) is 107 Å². The van der Waals surface area contributed by atoms with Crippen molar-refractivity contribution in [2.24, 2.45) is 11.3 Å². The van der Waals surface area contributed by atoms with Crippen LogP contribution in [0.3, 0.4) is 0 Å². The first-order valence-electron chi connectivity index (χ1n) is 17.0. The molecule has 0 saturated heterocycles. The lowest BCUT2D eigenvalue weighted by molar-refractivity contribution is 0.223. The first-order valence-corrected chi connectivity index (χ1v) is 17.0. The van der Waals surface area contributed by atoms with Crippen molar-refractivity contribution < 1.29 is 0 Å². The minimum absolute atomic E-state index is 0.0787. The van der Waals surface area contributed by atoms with Crippen molar-refractivity contribution >= 4 is 0 Å². The Kier molecular flexibility index (Phi) is 12.5. The van der Waals surface area contributed by atoms with Crippen molar-refractivity contribution in [3.05, 3.63) is 47.8 Å². The molecule has 0 bridgehead atoms. The molecule has 2 aliphatic rings. The number of nitriles is 1. The van der Waals surface area contributed by atoms with Gasteiger partial charge in [-0.05, 0) is 86.7 Å². The highest BCUT2D eigenvalue weighted by Gasteiger charge is 2.35. The van der Waals surface area contributed by atoms with Crippen molar-refractivity contribution in [2.75, 3.05) is 0 Å². The van der Waals surface area contributed by atoms with Crippen molar-refractivity contribution in [1.29, 1.82) is 5.26 Å². The number of unbranched alkanes of at least 4 members (excludes halogenated alkanes) is 8. The molecule has 3 heteroatoms. The Balaban J connectivity index is 1.22. The summed E-state index contributed by atoms with van der Waals surface area (Å²) in [4.78, 5) is 9.58. The minimum atomic E-state index is -0.0787. The summed E-state index contributed by atoms with van der Waals surface area (Å²) in [6.45, 7) is 4.56. The smallest absolute Gasteiger partial charge is 0.159 e. The Bertz CT molecular complexity index is 1000. The van der Waals surface area contributed by atoms with Gasteiger partial charge >= 0.3 is 0 Å². The van der Waals surface area contributed by atoms with Crippen molar-refractivity contribution in [3.8, 4) is 17.5 Å². The van der Waals surface area contributed by atoms with E-state index in [-0.39, 0.29) is 5.41 Å². The van der Waals surface area contributed by atoms with Crippen LogP contribution in [0.5, 0.6) is 0 Å². The van der Waals surface area contributed by atoms with Crippen LogP contribution in [0.4, 0.5) is 0 Å². The van der Waals surface area contributed by atoms with Gasteiger partial charge < -0.3 is 0 Å². The van der Waals surface area contributed by atoms with E-state index in [0.717, 1.165) is 49.4 Å². The van der Waals surface area contributed by atoms with Crippen LogP contribution in [0.25, 0.3) is 11.4 Å². The molecule has 2 aliphatic carbocycles. The van der Waals surface area contributed by atoms with Gasteiger partial charge in [0.2, 0.25) is 0 Å². The van der Waals surface area contributed by atoms with Gasteiger partial charge in [-0.1, -0.05) is 109 Å². The third kappa shape index (κ3) is 8.89. The maximum atomic E-state index is 10.00. The first-order chi connectivity index (χ1) is 19.7. The lowest BCUT2D eigenvalue weighted by atomic mass is 9.67. The minimum Gasteiger partial charge on any atom is -0.236 e. The van der Waals surface area contributed by atoms with E-state index < -0.39 is 0 Å². The standard InChI is InChI=1S/C37H55N3/c1-3-5-7-9-10-12-24-37(29-38)25-22-33(23-26-37)31-18-20-34(21-19-31)36-39-27-35(28-40-36)32-16-14-30(15-17-32)13-11-8-6-4-2/h18-21,27-28,30,32-33H,3-17,22-26H2,1-2H3. The highest BCUT2D eigenvalue weighted by atomic mass is 14.9. The fourth-order valence-corrected chi connectivity index (χ4v) is 7.41. The van der Waals surface area contributed by atoms with Crippen LogP contribution < -0.4 is 0 Å². The number of benzene rings is 1. The van der Waals surface area contributed by atoms with E-state index in [1.807, 2.05) is 0 Å². The van der Waals surface area contributed by atoms with Crippen molar-refractivity contribution in [3.63, 3.8) is 0 Å². The van der Waals surface area contributed by atoms with Crippen LogP contribution in [0.2, 0.25) is 0 Å². The number of aromatic nitrogens is 2. The van der Waals surface area contributed by atoms with Crippen LogP contribution >= 0.6 is 0 Å². The number of rotatable bonds is 15. The van der Waals surface area contributed by atoms with Crippen molar-refractivity contribution in [1.82, 2.24) is 9.97 Å². The number of nitrogens with zero attached hydrogens (tertiary/aromatic N) is 3. The molecule has 0 radical (unpaired) electrons. The van der Waals surface area contributed by atoms with Gasteiger partial charge in [-0.3, -0.25) is 0 Å². The van der Waals surface area contributed by atoms with Gasteiger partial charge in [0.15, 0.2) is 5.82 Å². The van der Waals surface area contributed by atoms with E-state index >= 15 is 0 Å². The van der Waals surface area contributed by atoms with Gasteiger partial charge in [0.25, 0.3) is 0 Å². The van der Waals surface area contributed by atoms with Gasteiger partial charge in [-0.15, -0.1) is 0 Å². The molecular weight excluding hydrogens is 486 g/mol. The van der Waals surface area contributed by atoms with E-state index in [2.05, 4.69) is 56.6 Å². The Morgan fingerprint density at radius 1 is 0.700 bits per heavy atom. The Labute approximate surface area is 245 Å². The highest BCUT2D eigenvalue weighted by molar-refractivity contribution is 5.55. The normalized spacial score (nSPS) is 25.0. The molecule has 0 amide bonds. The van der Waals surface area contributed by atoms with E-state index in [1.54, 1.807) is 0 Å². The zero-order valence-electron chi connectivity index (χ0n) is 25.7. The van der Waals surface area contributed by atoms with Crippen LogP contribution in [0, 0.1) is 22.7 Å². The molecule has 1 aromatic heterocycles. The van der Waals surface area contributed by atoms with Crippen LogP contribution in [-0.2, 0) is 0 Å². The molecule has 1 heterocycles. The summed E-state index contributed by atoms with van der Waals surface area (Å²) in [5.41, 5.74) is 3.77. The Morgan fingerprint density at radius 2 is 1.27 bits per heavy atom. The molecule has 2 fully saturated rings. The number of hydrogen-bond donors (Lipinski definition) is 0. The van der Waals surface area contributed by atoms with Gasteiger partial charge in [0, 0.05) is 18.0 Å². The van der Waals surface area contributed by atoms with E-state index in [9.17, 15) is 5.26 Å². The second-order valence-corrected chi connectivity index (χ2v) is 13.2. The van der Waals surface area contributed by atoms with Gasteiger partial charge in [0.05, 0.1) is 11.5 Å². The largest absolute Gasteiger partial charge is 0.236 e. The van der Waals surface area contributed by atoms with Gasteiger partial charge in [0.1, 0.15) is 0 Å². The van der Waals surface area contributed by atoms with Crippen LogP contribution in [0.1, 0.15) is 165 Å². The maximum absolute atomic E-state index is 10.00. The van der Waals surface area contributed by atoms with Gasteiger partial charge in [-0.25, -0.2) is 9.97 Å². The molecule has 1 aromatic carbocycles. The summed E-state index contributed by atoms with van der Waals surface area (Å²) in [6, 6.07) is 11.7. The fourth-order valence-electron chi connectivity index (χ4n) is 7.41. The molecule has 218 valence electrons. The van der Waals surface area contributed by atoms with Crippen molar-refractivity contribution in [2.45, 2.75) is 154 Å². The molecule has 0 aliphatic heterocycles. The summed E-state index contributed by atoms with van der Waals surface area (Å²) in [7, 11) is 0. The predicted molar refractivity (Wildman–Crippen MR) is 168 cm³/mol. The summed E-state index contributed by atoms with van der Waals surface area (Å²) < 4.78 is 0. The molecule has 2 aromatic rings. The highest BCUT2D eigenvalue weighted by Crippen LogP contribution is 2.46. The number of hydrogen-bond acceptors (Lipinski definition) is 3. The lowest BCUT2D eigenvalue weighted by Crippen LogP contribution is -2.25. The average molecular weight is 542 g/mol. The molecule has 0 atom stereocenters. The molecule has 3 nitrogen and oxygen atoms in total. The molecule has 4 rings (SSSR count). The molecule has 0 unspecified atom stereocenters. The molecule has 0 N–H and O–H groups in total. The molecule has 2 saturated carbocycles. The second-order valence-electron chi connectivity index (χ2n) is 13.2. The average Bonchev–Trinajstić information content (AvgIpc) is 3.02. The van der Waals surface area contributed by atoms with Crippen LogP contribution in [0.15, 0.2) is 36.7 Å². The second kappa shape index (κ2) is 16.3. The summed E-state index contributed by atoms with van der Waals surface area (Å²) in [5, 5.41) is 10.00.